The zero-order chi connectivity index (χ0) is 16.7. The molecule has 1 unspecified atom stereocenters. The predicted molar refractivity (Wildman–Crippen MR) is 91.6 cm³/mol. The lowest BCUT2D eigenvalue weighted by Crippen LogP contribution is -2.24. The molecule has 0 fully saturated rings. The zero-order valence-corrected chi connectivity index (χ0v) is 13.7. The van der Waals surface area contributed by atoms with Crippen molar-refractivity contribution in [2.75, 3.05) is 6.54 Å². The molecule has 2 aromatic heterocycles. The van der Waals surface area contributed by atoms with Gasteiger partial charge in [-0.2, -0.15) is 0 Å². The van der Waals surface area contributed by atoms with E-state index in [1.54, 1.807) is 6.20 Å². The molecule has 1 aromatic carbocycles. The first-order valence-electron chi connectivity index (χ1n) is 7.97. The maximum Gasteiger partial charge on any atom is 0.160 e. The molecule has 122 valence electrons. The standard InChI is InChI=1S/C18H19N5O/c1-11-7-12-9-13(10-19)24-17(12)14(8-11)15-3-4-16(22-21-15)18-20-5-6-23(18)2/h3-8,13H,9-10,19H2,1-2H3. The van der Waals surface area contributed by atoms with Crippen LogP contribution in [0.5, 0.6) is 5.75 Å². The quantitative estimate of drug-likeness (QED) is 0.799. The lowest BCUT2D eigenvalue weighted by molar-refractivity contribution is 0.242. The van der Waals surface area contributed by atoms with E-state index in [1.807, 2.05) is 29.9 Å². The smallest absolute Gasteiger partial charge is 0.160 e. The third-order valence-corrected chi connectivity index (χ3v) is 4.30. The van der Waals surface area contributed by atoms with Crippen LogP contribution in [0.25, 0.3) is 22.8 Å². The highest BCUT2D eigenvalue weighted by Gasteiger charge is 2.26. The van der Waals surface area contributed by atoms with Crippen LogP contribution in [0.15, 0.2) is 36.7 Å². The molecule has 0 amide bonds. The van der Waals surface area contributed by atoms with E-state index in [4.69, 9.17) is 10.5 Å². The zero-order valence-electron chi connectivity index (χ0n) is 13.7. The molecule has 0 aliphatic carbocycles. The first-order chi connectivity index (χ1) is 11.7. The Morgan fingerprint density at radius 2 is 2.04 bits per heavy atom. The minimum Gasteiger partial charge on any atom is -0.488 e. The maximum atomic E-state index is 6.01. The van der Waals surface area contributed by atoms with Crippen molar-refractivity contribution < 1.29 is 4.74 Å². The van der Waals surface area contributed by atoms with Crippen LogP contribution in [-0.2, 0) is 13.5 Å². The van der Waals surface area contributed by atoms with Gasteiger partial charge in [0.25, 0.3) is 0 Å². The number of hydrogen-bond donors (Lipinski definition) is 1. The predicted octanol–water partition coefficient (Wildman–Crippen LogP) is 2.11. The van der Waals surface area contributed by atoms with Crippen LogP contribution < -0.4 is 10.5 Å². The van der Waals surface area contributed by atoms with Gasteiger partial charge in [-0.3, -0.25) is 0 Å². The van der Waals surface area contributed by atoms with Crippen molar-refractivity contribution in [3.63, 3.8) is 0 Å². The molecule has 6 nitrogen and oxygen atoms in total. The van der Waals surface area contributed by atoms with Crippen molar-refractivity contribution in [3.05, 3.63) is 47.8 Å². The van der Waals surface area contributed by atoms with Crippen LogP contribution in [-0.4, -0.2) is 32.4 Å². The molecule has 3 aromatic rings. The van der Waals surface area contributed by atoms with Gasteiger partial charge in [0.2, 0.25) is 0 Å². The van der Waals surface area contributed by atoms with Crippen molar-refractivity contribution in [2.45, 2.75) is 19.4 Å². The molecule has 4 rings (SSSR count). The fourth-order valence-corrected chi connectivity index (χ4v) is 3.12. The van der Waals surface area contributed by atoms with Crippen LogP contribution in [0.4, 0.5) is 0 Å². The molecule has 0 saturated heterocycles. The Morgan fingerprint density at radius 1 is 1.25 bits per heavy atom. The molecular formula is C18H19N5O. The van der Waals surface area contributed by atoms with Gasteiger partial charge in [0.05, 0.1) is 5.69 Å². The van der Waals surface area contributed by atoms with Gasteiger partial charge in [-0.25, -0.2) is 4.98 Å². The fraction of sp³-hybridized carbons (Fsp3) is 0.278. The van der Waals surface area contributed by atoms with Crippen LogP contribution in [0, 0.1) is 6.92 Å². The maximum absolute atomic E-state index is 6.01. The Morgan fingerprint density at radius 3 is 2.71 bits per heavy atom. The Hall–Kier alpha value is -2.73. The van der Waals surface area contributed by atoms with Crippen molar-refractivity contribution in [1.82, 2.24) is 19.7 Å². The van der Waals surface area contributed by atoms with E-state index in [1.165, 1.54) is 11.1 Å². The molecule has 1 aliphatic heterocycles. The molecule has 2 N–H and O–H groups in total. The molecule has 24 heavy (non-hydrogen) atoms. The second kappa shape index (κ2) is 5.72. The topological polar surface area (TPSA) is 78.8 Å². The summed E-state index contributed by atoms with van der Waals surface area (Å²) in [5, 5.41) is 8.74. The van der Waals surface area contributed by atoms with Crippen molar-refractivity contribution in [2.24, 2.45) is 12.8 Å². The normalized spacial score (nSPS) is 16.0. The molecule has 3 heterocycles. The number of aromatic nitrogens is 4. The summed E-state index contributed by atoms with van der Waals surface area (Å²) in [5.41, 5.74) is 10.7. The van der Waals surface area contributed by atoms with Crippen LogP contribution in [0.1, 0.15) is 11.1 Å². The SMILES string of the molecule is Cc1cc2c(c(-c3ccc(-c4nccn4C)nn3)c1)OC(CN)C2. The molecule has 0 radical (unpaired) electrons. The minimum atomic E-state index is 0.0420. The van der Waals surface area contributed by atoms with Crippen LogP contribution >= 0.6 is 0 Å². The van der Waals surface area contributed by atoms with Gasteiger partial charge in [0.15, 0.2) is 5.82 Å². The number of aryl methyl sites for hydroxylation is 2. The number of hydrogen-bond acceptors (Lipinski definition) is 5. The summed E-state index contributed by atoms with van der Waals surface area (Å²) in [5.74, 6) is 1.68. The lowest BCUT2D eigenvalue weighted by Gasteiger charge is -2.11. The first kappa shape index (κ1) is 14.8. The summed E-state index contributed by atoms with van der Waals surface area (Å²) in [6, 6.07) is 8.15. The Bertz CT molecular complexity index is 885. The van der Waals surface area contributed by atoms with Crippen LogP contribution in [0.3, 0.4) is 0 Å². The largest absolute Gasteiger partial charge is 0.488 e. The van der Waals surface area contributed by atoms with Gasteiger partial charge in [-0.05, 0) is 36.2 Å². The van der Waals surface area contributed by atoms with E-state index in [0.717, 1.165) is 34.9 Å². The highest BCUT2D eigenvalue weighted by molar-refractivity contribution is 5.71. The summed E-state index contributed by atoms with van der Waals surface area (Å²) in [6.45, 7) is 2.59. The van der Waals surface area contributed by atoms with Gasteiger partial charge in [-0.1, -0.05) is 6.07 Å². The number of nitrogens with two attached hydrogens (primary N) is 1. The van der Waals surface area contributed by atoms with Gasteiger partial charge >= 0.3 is 0 Å². The number of imidazole rings is 1. The summed E-state index contributed by atoms with van der Waals surface area (Å²) in [4.78, 5) is 4.30. The molecular weight excluding hydrogens is 302 g/mol. The van der Waals surface area contributed by atoms with E-state index in [-0.39, 0.29) is 6.10 Å². The molecule has 1 aliphatic rings. The second-order valence-corrected chi connectivity index (χ2v) is 6.15. The molecule has 0 saturated carbocycles. The number of ether oxygens (including phenoxy) is 1. The van der Waals surface area contributed by atoms with E-state index in [2.05, 4.69) is 34.2 Å². The summed E-state index contributed by atoms with van der Waals surface area (Å²) in [7, 11) is 1.94. The van der Waals surface area contributed by atoms with Gasteiger partial charge < -0.3 is 15.0 Å². The Kier molecular flexibility index (Phi) is 3.54. The summed E-state index contributed by atoms with van der Waals surface area (Å²) in [6.07, 6.45) is 4.53. The van der Waals surface area contributed by atoms with Crippen molar-refractivity contribution >= 4 is 0 Å². The highest BCUT2D eigenvalue weighted by atomic mass is 16.5. The highest BCUT2D eigenvalue weighted by Crippen LogP contribution is 2.39. The lowest BCUT2D eigenvalue weighted by atomic mass is 10.0. The molecule has 0 bridgehead atoms. The average Bonchev–Trinajstić information content (AvgIpc) is 3.20. The Balaban J connectivity index is 1.74. The minimum absolute atomic E-state index is 0.0420. The molecule has 0 spiro atoms. The van der Waals surface area contributed by atoms with E-state index >= 15 is 0 Å². The number of fused-ring (bicyclic) bond motifs is 1. The molecule has 6 heteroatoms. The van der Waals surface area contributed by atoms with E-state index in [9.17, 15) is 0 Å². The third kappa shape index (κ3) is 2.45. The average molecular weight is 321 g/mol. The van der Waals surface area contributed by atoms with Gasteiger partial charge in [-0.15, -0.1) is 10.2 Å². The second-order valence-electron chi connectivity index (χ2n) is 6.15. The number of benzene rings is 1. The van der Waals surface area contributed by atoms with Crippen molar-refractivity contribution in [3.8, 4) is 28.5 Å². The molecule has 1 atom stereocenters. The summed E-state index contributed by atoms with van der Waals surface area (Å²) >= 11 is 0. The monoisotopic (exact) mass is 321 g/mol. The number of rotatable bonds is 3. The number of nitrogens with zero attached hydrogens (tertiary/aromatic N) is 4. The third-order valence-electron chi connectivity index (χ3n) is 4.30. The van der Waals surface area contributed by atoms with Crippen LogP contribution in [0.2, 0.25) is 0 Å². The first-order valence-corrected chi connectivity index (χ1v) is 7.97. The fourth-order valence-electron chi connectivity index (χ4n) is 3.12. The van der Waals surface area contributed by atoms with Gasteiger partial charge in [0.1, 0.15) is 17.5 Å². The van der Waals surface area contributed by atoms with E-state index < -0.39 is 0 Å². The van der Waals surface area contributed by atoms with Crippen molar-refractivity contribution in [1.29, 1.82) is 0 Å². The Labute approximate surface area is 140 Å². The van der Waals surface area contributed by atoms with Gasteiger partial charge in [0, 0.05) is 38.0 Å². The summed E-state index contributed by atoms with van der Waals surface area (Å²) < 4.78 is 7.93. The van der Waals surface area contributed by atoms with E-state index in [0.29, 0.717) is 6.54 Å².